The van der Waals surface area contributed by atoms with E-state index in [1.165, 1.54) is 0 Å². The molecule has 20 heavy (non-hydrogen) atoms. The van der Waals surface area contributed by atoms with Gasteiger partial charge in [0.25, 0.3) is 5.91 Å². The molecule has 1 N–H and O–H groups in total. The normalized spacial score (nSPS) is 10.2. The molecule has 0 saturated carbocycles. The van der Waals surface area contributed by atoms with Gasteiger partial charge >= 0.3 is 0 Å². The Morgan fingerprint density at radius 2 is 2.00 bits per heavy atom. The second-order valence-electron chi connectivity index (χ2n) is 4.28. The van der Waals surface area contributed by atoms with E-state index in [1.807, 2.05) is 43.3 Å². The van der Waals surface area contributed by atoms with Gasteiger partial charge in [-0.1, -0.05) is 28.1 Å². The van der Waals surface area contributed by atoms with E-state index in [4.69, 9.17) is 4.74 Å². The van der Waals surface area contributed by atoms with E-state index in [2.05, 4.69) is 37.2 Å². The van der Waals surface area contributed by atoms with E-state index in [0.29, 0.717) is 5.75 Å². The summed E-state index contributed by atoms with van der Waals surface area (Å²) >= 11 is 6.75. The van der Waals surface area contributed by atoms with E-state index in [0.717, 1.165) is 20.2 Å². The van der Waals surface area contributed by atoms with Crippen LogP contribution in [0.1, 0.15) is 5.56 Å². The number of aryl methyl sites for hydroxylation is 1. The van der Waals surface area contributed by atoms with Gasteiger partial charge in [-0.2, -0.15) is 0 Å². The van der Waals surface area contributed by atoms with Gasteiger partial charge in [0.2, 0.25) is 0 Å². The third-order valence-electron chi connectivity index (χ3n) is 2.55. The molecule has 0 atom stereocenters. The molecule has 2 rings (SSSR count). The van der Waals surface area contributed by atoms with Crippen molar-refractivity contribution in [3.63, 3.8) is 0 Å². The first-order valence-electron chi connectivity index (χ1n) is 5.99. The smallest absolute Gasteiger partial charge is 0.262 e. The number of hydrogen-bond donors (Lipinski definition) is 1. The van der Waals surface area contributed by atoms with Crippen LogP contribution >= 0.6 is 31.9 Å². The average Bonchev–Trinajstić information content (AvgIpc) is 2.37. The van der Waals surface area contributed by atoms with Crippen molar-refractivity contribution < 1.29 is 9.53 Å². The maximum atomic E-state index is 11.8. The molecular weight excluding hydrogens is 386 g/mol. The van der Waals surface area contributed by atoms with Gasteiger partial charge in [0, 0.05) is 10.2 Å². The van der Waals surface area contributed by atoms with E-state index in [-0.39, 0.29) is 12.5 Å². The SMILES string of the molecule is Cc1cccc(NC(=O)COc2ccc(Br)cc2Br)c1. The first kappa shape index (κ1) is 15.1. The zero-order valence-corrected chi connectivity index (χ0v) is 14.0. The number of rotatable bonds is 4. The lowest BCUT2D eigenvalue weighted by Gasteiger charge is -2.09. The van der Waals surface area contributed by atoms with Crippen LogP contribution in [0.25, 0.3) is 0 Å². The zero-order chi connectivity index (χ0) is 14.5. The first-order chi connectivity index (χ1) is 9.54. The van der Waals surface area contributed by atoms with Crippen LogP contribution in [0, 0.1) is 6.92 Å². The predicted octanol–water partition coefficient (Wildman–Crippen LogP) is 4.54. The third kappa shape index (κ3) is 4.35. The number of carbonyl (C=O) groups is 1. The molecule has 0 aliphatic heterocycles. The second-order valence-corrected chi connectivity index (χ2v) is 6.05. The van der Waals surface area contributed by atoms with Crippen LogP contribution in [0.4, 0.5) is 5.69 Å². The molecule has 0 aliphatic carbocycles. The minimum Gasteiger partial charge on any atom is -0.483 e. The number of carbonyl (C=O) groups excluding carboxylic acids is 1. The molecule has 0 aliphatic rings. The molecule has 2 aromatic rings. The molecular formula is C15H13Br2NO2. The fraction of sp³-hybridized carbons (Fsp3) is 0.133. The molecule has 0 saturated heterocycles. The van der Waals surface area contributed by atoms with Gasteiger partial charge in [0.1, 0.15) is 5.75 Å². The fourth-order valence-corrected chi connectivity index (χ4v) is 2.82. The van der Waals surface area contributed by atoms with Gasteiger partial charge in [0.15, 0.2) is 6.61 Å². The number of anilines is 1. The van der Waals surface area contributed by atoms with E-state index >= 15 is 0 Å². The molecule has 5 heteroatoms. The molecule has 3 nitrogen and oxygen atoms in total. The first-order valence-corrected chi connectivity index (χ1v) is 7.57. The zero-order valence-electron chi connectivity index (χ0n) is 10.8. The lowest BCUT2D eigenvalue weighted by molar-refractivity contribution is -0.118. The van der Waals surface area contributed by atoms with Crippen molar-refractivity contribution in [2.75, 3.05) is 11.9 Å². The van der Waals surface area contributed by atoms with E-state index < -0.39 is 0 Å². The van der Waals surface area contributed by atoms with Crippen molar-refractivity contribution in [3.8, 4) is 5.75 Å². The molecule has 104 valence electrons. The molecule has 0 unspecified atom stereocenters. The van der Waals surface area contributed by atoms with Crippen LogP contribution in [0.5, 0.6) is 5.75 Å². The quantitative estimate of drug-likeness (QED) is 0.821. The average molecular weight is 399 g/mol. The highest BCUT2D eigenvalue weighted by atomic mass is 79.9. The number of nitrogens with one attached hydrogen (secondary N) is 1. The fourth-order valence-electron chi connectivity index (χ4n) is 1.66. The van der Waals surface area contributed by atoms with E-state index in [9.17, 15) is 4.79 Å². The highest BCUT2D eigenvalue weighted by Crippen LogP contribution is 2.28. The van der Waals surface area contributed by atoms with Gasteiger partial charge in [-0.15, -0.1) is 0 Å². The summed E-state index contributed by atoms with van der Waals surface area (Å²) in [7, 11) is 0. The van der Waals surface area contributed by atoms with E-state index in [1.54, 1.807) is 6.07 Å². The number of halogens is 2. The summed E-state index contributed by atoms with van der Waals surface area (Å²) in [5.41, 5.74) is 1.87. The molecule has 0 fully saturated rings. The van der Waals surface area contributed by atoms with Gasteiger partial charge in [-0.25, -0.2) is 0 Å². The number of amides is 1. The van der Waals surface area contributed by atoms with Gasteiger partial charge in [-0.05, 0) is 58.7 Å². The van der Waals surface area contributed by atoms with Crippen LogP contribution in [0.15, 0.2) is 51.4 Å². The lowest BCUT2D eigenvalue weighted by Crippen LogP contribution is -2.20. The van der Waals surface area contributed by atoms with Crippen LogP contribution in [0.2, 0.25) is 0 Å². The van der Waals surface area contributed by atoms with Crippen molar-refractivity contribution in [1.29, 1.82) is 0 Å². The maximum Gasteiger partial charge on any atom is 0.262 e. The standard InChI is InChI=1S/C15H13Br2NO2/c1-10-3-2-4-12(7-10)18-15(19)9-20-14-6-5-11(16)8-13(14)17/h2-8H,9H2,1H3,(H,18,19). The Hall–Kier alpha value is -1.33. The molecule has 2 aromatic carbocycles. The third-order valence-corrected chi connectivity index (χ3v) is 3.67. The monoisotopic (exact) mass is 397 g/mol. The number of hydrogen-bond acceptors (Lipinski definition) is 2. The van der Waals surface area contributed by atoms with Crippen molar-refractivity contribution in [2.24, 2.45) is 0 Å². The Bertz CT molecular complexity index is 629. The van der Waals surface area contributed by atoms with Gasteiger partial charge in [-0.3, -0.25) is 4.79 Å². The second kappa shape index (κ2) is 6.90. The lowest BCUT2D eigenvalue weighted by atomic mass is 10.2. The Labute approximate surface area is 134 Å². The minimum atomic E-state index is -0.189. The molecule has 0 radical (unpaired) electrons. The highest BCUT2D eigenvalue weighted by molar-refractivity contribution is 9.11. The summed E-state index contributed by atoms with van der Waals surface area (Å²) in [5.74, 6) is 0.443. The Kier molecular flexibility index (Phi) is 5.20. The van der Waals surface area contributed by atoms with Crippen molar-refractivity contribution in [2.45, 2.75) is 6.92 Å². The summed E-state index contributed by atoms with van der Waals surface area (Å²) in [5, 5.41) is 2.80. The maximum absolute atomic E-state index is 11.8. The molecule has 0 spiro atoms. The summed E-state index contributed by atoms with van der Waals surface area (Å²) < 4.78 is 7.22. The van der Waals surface area contributed by atoms with Crippen LogP contribution in [-0.2, 0) is 4.79 Å². The summed E-state index contributed by atoms with van der Waals surface area (Å²) in [4.78, 5) is 11.8. The van der Waals surface area contributed by atoms with Crippen molar-refractivity contribution >= 4 is 43.5 Å². The van der Waals surface area contributed by atoms with Crippen LogP contribution in [0.3, 0.4) is 0 Å². The Morgan fingerprint density at radius 3 is 2.70 bits per heavy atom. The molecule has 0 heterocycles. The number of ether oxygens (including phenoxy) is 1. The summed E-state index contributed by atoms with van der Waals surface area (Å²) in [6.07, 6.45) is 0. The Morgan fingerprint density at radius 1 is 1.20 bits per heavy atom. The predicted molar refractivity (Wildman–Crippen MR) is 87.1 cm³/mol. The molecule has 1 amide bonds. The summed E-state index contributed by atoms with van der Waals surface area (Å²) in [6.45, 7) is 1.94. The van der Waals surface area contributed by atoms with Gasteiger partial charge in [0.05, 0.1) is 4.47 Å². The van der Waals surface area contributed by atoms with Crippen molar-refractivity contribution in [3.05, 3.63) is 57.0 Å². The van der Waals surface area contributed by atoms with Crippen LogP contribution in [-0.4, -0.2) is 12.5 Å². The van der Waals surface area contributed by atoms with Crippen molar-refractivity contribution in [1.82, 2.24) is 0 Å². The largest absolute Gasteiger partial charge is 0.483 e. The highest BCUT2D eigenvalue weighted by Gasteiger charge is 2.06. The molecule has 0 bridgehead atoms. The topological polar surface area (TPSA) is 38.3 Å². The summed E-state index contributed by atoms with van der Waals surface area (Å²) in [6, 6.07) is 13.2. The van der Waals surface area contributed by atoms with Gasteiger partial charge < -0.3 is 10.1 Å². The molecule has 0 aromatic heterocycles. The van der Waals surface area contributed by atoms with Crippen LogP contribution < -0.4 is 10.1 Å². The number of benzene rings is 2. The Balaban J connectivity index is 1.92. The minimum absolute atomic E-state index is 0.0336.